The Kier molecular flexibility index (Phi) is 7.15. The normalized spacial score (nSPS) is 11.6. The lowest BCUT2D eigenvalue weighted by Crippen LogP contribution is -2.31. The highest BCUT2D eigenvalue weighted by molar-refractivity contribution is 7.80. The lowest BCUT2D eigenvalue weighted by molar-refractivity contribution is 0.287. The van der Waals surface area contributed by atoms with Gasteiger partial charge in [0, 0.05) is 0 Å². The molecule has 2 N–H and O–H groups in total. The zero-order chi connectivity index (χ0) is 19.1. The minimum absolute atomic E-state index is 0.119. The summed E-state index contributed by atoms with van der Waals surface area (Å²) in [6, 6.07) is 8.99. The summed E-state index contributed by atoms with van der Waals surface area (Å²) in [7, 11) is 0. The molecule has 0 radical (unpaired) electrons. The molecule has 1 atom stereocenters. The number of ether oxygens (including phenoxy) is 2. The third-order valence-electron chi connectivity index (χ3n) is 3.62. The fraction of sp³-hybridized carbons (Fsp3) is 0.316. The van der Waals surface area contributed by atoms with E-state index < -0.39 is 11.6 Å². The smallest absolute Gasteiger partial charge is 0.171 e. The van der Waals surface area contributed by atoms with Crippen LogP contribution in [0.4, 0.5) is 14.5 Å². The van der Waals surface area contributed by atoms with E-state index in [-0.39, 0.29) is 16.8 Å². The minimum atomic E-state index is -0.707. The van der Waals surface area contributed by atoms with Gasteiger partial charge in [-0.2, -0.15) is 0 Å². The Labute approximate surface area is 157 Å². The van der Waals surface area contributed by atoms with Gasteiger partial charge < -0.3 is 20.1 Å². The van der Waals surface area contributed by atoms with Crippen LogP contribution in [0.2, 0.25) is 0 Å². The van der Waals surface area contributed by atoms with Crippen LogP contribution in [0.5, 0.6) is 11.5 Å². The molecule has 0 aromatic heterocycles. The van der Waals surface area contributed by atoms with Crippen molar-refractivity contribution in [2.24, 2.45) is 0 Å². The van der Waals surface area contributed by atoms with E-state index in [4.69, 9.17) is 21.7 Å². The van der Waals surface area contributed by atoms with Crippen LogP contribution in [-0.4, -0.2) is 18.3 Å². The van der Waals surface area contributed by atoms with E-state index in [0.717, 1.165) is 17.7 Å². The van der Waals surface area contributed by atoms with E-state index in [1.807, 2.05) is 39.0 Å². The second-order valence-electron chi connectivity index (χ2n) is 5.49. The van der Waals surface area contributed by atoms with Crippen molar-refractivity contribution in [1.29, 1.82) is 0 Å². The van der Waals surface area contributed by atoms with Gasteiger partial charge in [0.2, 0.25) is 0 Å². The molecular weight excluding hydrogens is 358 g/mol. The first-order valence-corrected chi connectivity index (χ1v) is 8.78. The van der Waals surface area contributed by atoms with Crippen molar-refractivity contribution in [1.82, 2.24) is 5.32 Å². The molecule has 2 aromatic rings. The Morgan fingerprint density at radius 1 is 1.04 bits per heavy atom. The fourth-order valence-corrected chi connectivity index (χ4v) is 2.66. The van der Waals surface area contributed by atoms with E-state index in [9.17, 15) is 8.78 Å². The molecule has 0 amide bonds. The topological polar surface area (TPSA) is 42.5 Å². The predicted octanol–water partition coefficient (Wildman–Crippen LogP) is 4.81. The van der Waals surface area contributed by atoms with Gasteiger partial charge in [-0.3, -0.25) is 0 Å². The average molecular weight is 380 g/mol. The number of hydrogen-bond acceptors (Lipinski definition) is 3. The highest BCUT2D eigenvalue weighted by atomic mass is 32.1. The van der Waals surface area contributed by atoms with Crippen molar-refractivity contribution >= 4 is 23.0 Å². The number of nitrogens with one attached hydrogen (secondary N) is 2. The number of hydrogen-bond donors (Lipinski definition) is 2. The standard InChI is InChI=1S/C19H22F2N2O2S/c1-4-24-16-10-9-13(11-17(16)25-5-2)12(3)22-19(26)23-18-14(20)7-6-8-15(18)21/h6-12H,4-5H2,1-3H3,(H2,22,23,26)/t12-/m0/s1. The summed E-state index contributed by atoms with van der Waals surface area (Å²) in [5.41, 5.74) is 0.619. The zero-order valence-corrected chi connectivity index (χ0v) is 15.8. The fourth-order valence-electron chi connectivity index (χ4n) is 2.38. The highest BCUT2D eigenvalue weighted by Gasteiger charge is 2.14. The van der Waals surface area contributed by atoms with Crippen LogP contribution in [0.15, 0.2) is 36.4 Å². The second kappa shape index (κ2) is 9.33. The quantitative estimate of drug-likeness (QED) is 0.675. The summed E-state index contributed by atoms with van der Waals surface area (Å²) in [5, 5.41) is 5.69. The zero-order valence-electron chi connectivity index (χ0n) is 14.9. The Morgan fingerprint density at radius 2 is 1.65 bits per heavy atom. The van der Waals surface area contributed by atoms with Crippen molar-refractivity contribution < 1.29 is 18.3 Å². The number of benzene rings is 2. The molecule has 0 aliphatic heterocycles. The van der Waals surface area contributed by atoms with Crippen LogP contribution in [-0.2, 0) is 0 Å². The van der Waals surface area contributed by atoms with Crippen molar-refractivity contribution in [3.05, 3.63) is 53.6 Å². The Hall–Kier alpha value is -2.41. The molecule has 0 aliphatic rings. The van der Waals surface area contributed by atoms with Gasteiger partial charge in [0.1, 0.15) is 17.3 Å². The molecule has 0 saturated heterocycles. The third kappa shape index (κ3) is 5.05. The summed E-state index contributed by atoms with van der Waals surface area (Å²) >= 11 is 5.17. The van der Waals surface area contributed by atoms with Crippen LogP contribution in [0, 0.1) is 11.6 Å². The van der Waals surface area contributed by atoms with Gasteiger partial charge in [-0.25, -0.2) is 8.78 Å². The van der Waals surface area contributed by atoms with Crippen LogP contribution < -0.4 is 20.1 Å². The molecule has 140 valence electrons. The van der Waals surface area contributed by atoms with Crippen LogP contribution >= 0.6 is 12.2 Å². The molecule has 0 heterocycles. The van der Waals surface area contributed by atoms with E-state index in [0.29, 0.717) is 24.7 Å². The molecule has 0 saturated carbocycles. The Bertz CT molecular complexity index is 751. The molecule has 2 rings (SSSR count). The SMILES string of the molecule is CCOc1ccc([C@H](C)NC(=S)Nc2c(F)cccc2F)cc1OCC. The number of halogens is 2. The van der Waals surface area contributed by atoms with E-state index >= 15 is 0 Å². The maximum Gasteiger partial charge on any atom is 0.171 e. The summed E-state index contributed by atoms with van der Waals surface area (Å²) in [6.45, 7) is 6.73. The first kappa shape index (κ1) is 19.9. The van der Waals surface area contributed by atoms with Gasteiger partial charge in [0.15, 0.2) is 16.6 Å². The number of thiocarbonyl (C=S) groups is 1. The molecule has 2 aromatic carbocycles. The summed E-state index contributed by atoms with van der Waals surface area (Å²) in [4.78, 5) is 0. The maximum absolute atomic E-state index is 13.7. The van der Waals surface area contributed by atoms with Crippen LogP contribution in [0.1, 0.15) is 32.4 Å². The number of anilines is 1. The highest BCUT2D eigenvalue weighted by Crippen LogP contribution is 2.30. The van der Waals surface area contributed by atoms with E-state index in [1.54, 1.807) is 0 Å². The first-order valence-electron chi connectivity index (χ1n) is 8.37. The summed E-state index contributed by atoms with van der Waals surface area (Å²) < 4.78 is 38.6. The van der Waals surface area contributed by atoms with Crippen molar-refractivity contribution in [3.8, 4) is 11.5 Å². The molecule has 7 heteroatoms. The van der Waals surface area contributed by atoms with Crippen molar-refractivity contribution in [3.63, 3.8) is 0 Å². The molecule has 0 fully saturated rings. The van der Waals surface area contributed by atoms with Gasteiger partial charge in [-0.05, 0) is 62.8 Å². The molecule has 0 bridgehead atoms. The monoisotopic (exact) mass is 380 g/mol. The van der Waals surface area contributed by atoms with E-state index in [2.05, 4.69) is 10.6 Å². The predicted molar refractivity (Wildman–Crippen MR) is 103 cm³/mol. The molecular formula is C19H22F2N2O2S. The van der Waals surface area contributed by atoms with E-state index in [1.165, 1.54) is 6.07 Å². The van der Waals surface area contributed by atoms with Gasteiger partial charge in [-0.1, -0.05) is 12.1 Å². The molecule has 0 unspecified atom stereocenters. The van der Waals surface area contributed by atoms with Crippen molar-refractivity contribution in [2.75, 3.05) is 18.5 Å². The molecule has 0 spiro atoms. The van der Waals surface area contributed by atoms with Gasteiger partial charge in [0.05, 0.1) is 19.3 Å². The lowest BCUT2D eigenvalue weighted by Gasteiger charge is -2.19. The lowest BCUT2D eigenvalue weighted by atomic mass is 10.1. The Balaban J connectivity index is 2.10. The van der Waals surface area contributed by atoms with Crippen molar-refractivity contribution in [2.45, 2.75) is 26.8 Å². The van der Waals surface area contributed by atoms with Gasteiger partial charge >= 0.3 is 0 Å². The van der Waals surface area contributed by atoms with Gasteiger partial charge in [-0.15, -0.1) is 0 Å². The summed E-state index contributed by atoms with van der Waals surface area (Å²) in [6.07, 6.45) is 0. The van der Waals surface area contributed by atoms with Crippen LogP contribution in [0.25, 0.3) is 0 Å². The molecule has 0 aliphatic carbocycles. The molecule has 26 heavy (non-hydrogen) atoms. The largest absolute Gasteiger partial charge is 0.490 e. The number of para-hydroxylation sites is 1. The Morgan fingerprint density at radius 3 is 2.27 bits per heavy atom. The maximum atomic E-state index is 13.7. The third-order valence-corrected chi connectivity index (χ3v) is 3.84. The van der Waals surface area contributed by atoms with Crippen LogP contribution in [0.3, 0.4) is 0 Å². The molecule has 4 nitrogen and oxygen atoms in total. The first-order chi connectivity index (χ1) is 12.5. The minimum Gasteiger partial charge on any atom is -0.490 e. The second-order valence-corrected chi connectivity index (χ2v) is 5.90. The van der Waals surface area contributed by atoms with Gasteiger partial charge in [0.25, 0.3) is 0 Å². The summed E-state index contributed by atoms with van der Waals surface area (Å²) in [5.74, 6) is -0.109. The average Bonchev–Trinajstić information content (AvgIpc) is 2.60. The number of rotatable bonds is 7.